The number of aromatic nitrogens is 6. The van der Waals surface area contributed by atoms with E-state index in [1.54, 1.807) is 6.33 Å². The van der Waals surface area contributed by atoms with Crippen LogP contribution in [0.4, 0.5) is 20.5 Å². The molecule has 1 saturated heterocycles. The van der Waals surface area contributed by atoms with E-state index in [9.17, 15) is 13.9 Å². The fourth-order valence-electron chi connectivity index (χ4n) is 4.45. The Kier molecular flexibility index (Phi) is 5.79. The predicted octanol–water partition coefficient (Wildman–Crippen LogP) is 3.35. The summed E-state index contributed by atoms with van der Waals surface area (Å²) < 4.78 is 29.6. The predicted molar refractivity (Wildman–Crippen MR) is 121 cm³/mol. The fourth-order valence-corrected chi connectivity index (χ4v) is 4.45. The van der Waals surface area contributed by atoms with Gasteiger partial charge in [0, 0.05) is 25.7 Å². The summed E-state index contributed by atoms with van der Waals surface area (Å²) in [6, 6.07) is 2.68. The summed E-state index contributed by atoms with van der Waals surface area (Å²) >= 11 is 0. The largest absolute Gasteiger partial charge is 0.396 e. The van der Waals surface area contributed by atoms with Crippen molar-refractivity contribution in [3.8, 4) is 0 Å². The number of rotatable bonds is 7. The number of aliphatic hydroxyl groups is 1. The van der Waals surface area contributed by atoms with Gasteiger partial charge in [-0.25, -0.2) is 18.7 Å². The van der Waals surface area contributed by atoms with Crippen molar-refractivity contribution < 1.29 is 13.9 Å². The first-order valence-electron chi connectivity index (χ1n) is 11.3. The average Bonchev–Trinajstić information content (AvgIpc) is 3.44. The fraction of sp³-hybridized carbons (Fsp3) is 0.455. The van der Waals surface area contributed by atoms with E-state index in [4.69, 9.17) is 9.97 Å². The molecule has 4 aromatic rings. The van der Waals surface area contributed by atoms with Crippen LogP contribution in [0.2, 0.25) is 0 Å². The van der Waals surface area contributed by atoms with Gasteiger partial charge in [0.1, 0.15) is 11.3 Å². The summed E-state index contributed by atoms with van der Waals surface area (Å²) in [7, 11) is 0. The van der Waals surface area contributed by atoms with E-state index in [0.717, 1.165) is 37.5 Å². The molecule has 0 saturated carbocycles. The van der Waals surface area contributed by atoms with E-state index in [0.29, 0.717) is 41.6 Å². The molecule has 0 unspecified atom stereocenters. The van der Waals surface area contributed by atoms with Gasteiger partial charge in [-0.1, -0.05) is 0 Å². The second kappa shape index (κ2) is 8.89. The van der Waals surface area contributed by atoms with Crippen LogP contribution in [0.1, 0.15) is 38.4 Å². The minimum atomic E-state index is -0.945. The number of imidazole rings is 2. The second-order valence-corrected chi connectivity index (χ2v) is 8.22. The SMILES string of the molecule is CCn1cnc2c(NCc3nc4ccc(F)c(F)c4[nH]3)nc(N3CCCC[C@H]3CCO)nc21. The van der Waals surface area contributed by atoms with Crippen molar-refractivity contribution in [1.29, 1.82) is 0 Å². The van der Waals surface area contributed by atoms with Gasteiger partial charge < -0.3 is 24.9 Å². The van der Waals surface area contributed by atoms with Gasteiger partial charge in [-0.2, -0.15) is 9.97 Å². The second-order valence-electron chi connectivity index (χ2n) is 8.22. The maximum atomic E-state index is 14.1. The lowest BCUT2D eigenvalue weighted by molar-refractivity contribution is 0.262. The molecule has 174 valence electrons. The van der Waals surface area contributed by atoms with Gasteiger partial charge in [-0.3, -0.25) is 0 Å². The van der Waals surface area contributed by atoms with Gasteiger partial charge in [-0.05, 0) is 44.7 Å². The van der Waals surface area contributed by atoms with Crippen molar-refractivity contribution in [3.63, 3.8) is 0 Å². The number of halogens is 2. The maximum absolute atomic E-state index is 14.1. The highest BCUT2D eigenvalue weighted by molar-refractivity contribution is 5.84. The number of anilines is 2. The summed E-state index contributed by atoms with van der Waals surface area (Å²) in [6.45, 7) is 3.89. The van der Waals surface area contributed by atoms with Crippen LogP contribution in [0.15, 0.2) is 18.5 Å². The zero-order valence-electron chi connectivity index (χ0n) is 18.4. The Balaban J connectivity index is 1.49. The number of piperidine rings is 1. The average molecular weight is 457 g/mol. The molecule has 3 aromatic heterocycles. The van der Waals surface area contributed by atoms with Crippen molar-refractivity contribution in [3.05, 3.63) is 35.9 Å². The zero-order valence-corrected chi connectivity index (χ0v) is 18.4. The van der Waals surface area contributed by atoms with Gasteiger partial charge in [0.05, 0.1) is 18.4 Å². The van der Waals surface area contributed by atoms with Crippen molar-refractivity contribution in [2.75, 3.05) is 23.4 Å². The Morgan fingerprint density at radius 1 is 1.21 bits per heavy atom. The molecule has 1 atom stereocenters. The molecule has 33 heavy (non-hydrogen) atoms. The van der Waals surface area contributed by atoms with E-state index in [-0.39, 0.29) is 24.7 Å². The molecule has 0 spiro atoms. The Morgan fingerprint density at radius 3 is 2.91 bits per heavy atom. The Morgan fingerprint density at radius 2 is 2.09 bits per heavy atom. The molecule has 11 heteroatoms. The first-order chi connectivity index (χ1) is 16.1. The first kappa shape index (κ1) is 21.5. The third-order valence-electron chi connectivity index (χ3n) is 6.16. The van der Waals surface area contributed by atoms with Crippen LogP contribution >= 0.6 is 0 Å². The highest BCUT2D eigenvalue weighted by Crippen LogP contribution is 2.28. The van der Waals surface area contributed by atoms with Crippen molar-refractivity contribution in [2.45, 2.75) is 51.7 Å². The lowest BCUT2D eigenvalue weighted by Gasteiger charge is -2.35. The molecule has 0 bridgehead atoms. The molecular weight excluding hydrogens is 430 g/mol. The van der Waals surface area contributed by atoms with Crippen LogP contribution in [-0.2, 0) is 13.1 Å². The monoisotopic (exact) mass is 456 g/mol. The number of nitrogens with one attached hydrogen (secondary N) is 2. The van der Waals surface area contributed by atoms with Gasteiger partial charge in [0.25, 0.3) is 0 Å². The number of fused-ring (bicyclic) bond motifs is 2. The number of hydrogen-bond acceptors (Lipinski definition) is 7. The third-order valence-corrected chi connectivity index (χ3v) is 6.16. The molecule has 1 aromatic carbocycles. The number of H-pyrrole nitrogens is 1. The van der Waals surface area contributed by atoms with E-state index in [1.165, 1.54) is 6.07 Å². The first-order valence-corrected chi connectivity index (χ1v) is 11.3. The number of aryl methyl sites for hydroxylation is 1. The topological polar surface area (TPSA) is 108 Å². The Labute approximate surface area is 188 Å². The molecule has 0 aliphatic carbocycles. The lowest BCUT2D eigenvalue weighted by atomic mass is 10.0. The van der Waals surface area contributed by atoms with E-state index >= 15 is 0 Å². The van der Waals surface area contributed by atoms with Crippen molar-refractivity contribution in [2.24, 2.45) is 0 Å². The summed E-state index contributed by atoms with van der Waals surface area (Å²) in [5.74, 6) is -0.274. The number of nitrogens with zero attached hydrogens (tertiary/aromatic N) is 6. The molecule has 9 nitrogen and oxygen atoms in total. The van der Waals surface area contributed by atoms with Gasteiger partial charge >= 0.3 is 0 Å². The summed E-state index contributed by atoms with van der Waals surface area (Å²) in [5.41, 5.74) is 1.74. The molecule has 1 aliphatic heterocycles. The lowest BCUT2D eigenvalue weighted by Crippen LogP contribution is -2.41. The van der Waals surface area contributed by atoms with Crippen molar-refractivity contribution in [1.82, 2.24) is 29.5 Å². The van der Waals surface area contributed by atoms with Gasteiger partial charge in [0.2, 0.25) is 5.95 Å². The maximum Gasteiger partial charge on any atom is 0.229 e. The van der Waals surface area contributed by atoms with Crippen LogP contribution in [0, 0.1) is 11.6 Å². The van der Waals surface area contributed by atoms with Crippen LogP contribution in [-0.4, -0.2) is 53.8 Å². The molecule has 0 amide bonds. The van der Waals surface area contributed by atoms with E-state index in [2.05, 4.69) is 25.2 Å². The van der Waals surface area contributed by atoms with Crippen LogP contribution in [0.3, 0.4) is 0 Å². The molecule has 4 heterocycles. The molecule has 1 fully saturated rings. The van der Waals surface area contributed by atoms with Gasteiger partial charge in [-0.15, -0.1) is 0 Å². The highest BCUT2D eigenvalue weighted by atomic mass is 19.2. The summed E-state index contributed by atoms with van der Waals surface area (Å²) in [6.07, 6.45) is 5.54. The minimum Gasteiger partial charge on any atom is -0.396 e. The zero-order chi connectivity index (χ0) is 22.9. The molecule has 5 rings (SSSR count). The Bertz CT molecular complexity index is 1280. The molecule has 1 aliphatic rings. The third kappa shape index (κ3) is 3.97. The minimum absolute atomic E-state index is 0.0377. The van der Waals surface area contributed by atoms with E-state index in [1.807, 2.05) is 11.5 Å². The quantitative estimate of drug-likeness (QED) is 0.391. The number of aliphatic hydroxyl groups excluding tert-OH is 1. The van der Waals surface area contributed by atoms with Crippen molar-refractivity contribution >= 4 is 34.0 Å². The number of hydrogen-bond donors (Lipinski definition) is 3. The van der Waals surface area contributed by atoms with Gasteiger partial charge in [0.15, 0.2) is 28.6 Å². The van der Waals surface area contributed by atoms with Crippen LogP contribution in [0.5, 0.6) is 0 Å². The normalized spacial score (nSPS) is 16.7. The van der Waals surface area contributed by atoms with Crippen LogP contribution in [0.25, 0.3) is 22.2 Å². The highest BCUT2D eigenvalue weighted by Gasteiger charge is 2.26. The van der Waals surface area contributed by atoms with Crippen LogP contribution < -0.4 is 10.2 Å². The number of benzene rings is 1. The summed E-state index contributed by atoms with van der Waals surface area (Å²) in [4.78, 5) is 23.4. The molecule has 3 N–H and O–H groups in total. The molecular formula is C22H26F2N8O. The standard InChI is InChI=1S/C22H26F2N8O/c1-2-31-12-26-19-20(25-11-16-27-15-7-6-14(23)17(24)18(15)28-16)29-22(30-21(19)31)32-9-4-3-5-13(32)8-10-33/h6-7,12-13,33H,2-5,8-11H2,1H3,(H,27,28)(H,25,29,30)/t13-/m0/s1. The summed E-state index contributed by atoms with van der Waals surface area (Å²) in [5, 5.41) is 12.8. The molecule has 0 radical (unpaired) electrons. The number of aromatic amines is 1. The smallest absolute Gasteiger partial charge is 0.229 e. The van der Waals surface area contributed by atoms with E-state index < -0.39 is 11.6 Å². The Hall–Kier alpha value is -3.34.